The molecule has 0 unspecified atom stereocenters. The van der Waals surface area contributed by atoms with E-state index in [9.17, 15) is 18.0 Å². The van der Waals surface area contributed by atoms with Gasteiger partial charge in [-0.2, -0.15) is 0 Å². The van der Waals surface area contributed by atoms with Crippen LogP contribution in [0, 0.1) is 0 Å². The number of esters is 1. The lowest BCUT2D eigenvalue weighted by Gasteiger charge is -2.23. The average Bonchev–Trinajstić information content (AvgIpc) is 2.87. The molecule has 3 aromatic rings. The van der Waals surface area contributed by atoms with E-state index < -0.39 is 22.6 Å². The molecule has 0 bridgehead atoms. The van der Waals surface area contributed by atoms with Gasteiger partial charge in [0.2, 0.25) is 0 Å². The minimum atomic E-state index is -3.89. The Labute approximate surface area is 200 Å². The summed E-state index contributed by atoms with van der Waals surface area (Å²) in [5.74, 6) is -1.09. The van der Waals surface area contributed by atoms with Crippen LogP contribution in [-0.2, 0) is 26.1 Å². The van der Waals surface area contributed by atoms with Crippen LogP contribution < -0.4 is 4.31 Å². The Morgan fingerprint density at radius 3 is 2.09 bits per heavy atom. The van der Waals surface area contributed by atoms with E-state index in [2.05, 4.69) is 0 Å². The molecule has 0 aliphatic heterocycles. The van der Waals surface area contributed by atoms with Gasteiger partial charge in [0, 0.05) is 19.6 Å². The summed E-state index contributed by atoms with van der Waals surface area (Å²) in [5.41, 5.74) is 1.56. The summed E-state index contributed by atoms with van der Waals surface area (Å²) in [5, 5.41) is 0. The van der Waals surface area contributed by atoms with Gasteiger partial charge in [0.15, 0.2) is 6.61 Å². The Bertz CT molecular complexity index is 1210. The molecule has 3 rings (SSSR count). The summed E-state index contributed by atoms with van der Waals surface area (Å²) in [4.78, 5) is 26.7. The summed E-state index contributed by atoms with van der Waals surface area (Å²) in [6.45, 7) is 4.26. The predicted octanol–water partition coefficient (Wildman–Crippen LogP) is 4.11. The van der Waals surface area contributed by atoms with Crippen LogP contribution in [0.3, 0.4) is 0 Å². The van der Waals surface area contributed by atoms with Crippen LogP contribution in [0.25, 0.3) is 0 Å². The quantitative estimate of drug-likeness (QED) is 0.408. The fourth-order valence-corrected chi connectivity index (χ4v) is 5.00. The van der Waals surface area contributed by atoms with E-state index >= 15 is 0 Å². The third kappa shape index (κ3) is 6.02. The maximum Gasteiger partial charge on any atom is 0.338 e. The second-order valence-corrected chi connectivity index (χ2v) is 9.37. The first-order valence-corrected chi connectivity index (χ1v) is 12.5. The van der Waals surface area contributed by atoms with Gasteiger partial charge in [-0.3, -0.25) is 9.10 Å². The summed E-state index contributed by atoms with van der Waals surface area (Å²) >= 11 is 0. The lowest BCUT2D eigenvalue weighted by atomic mass is 10.2. The molecule has 0 aliphatic rings. The lowest BCUT2D eigenvalue weighted by Crippen LogP contribution is -2.34. The van der Waals surface area contributed by atoms with Gasteiger partial charge < -0.3 is 9.64 Å². The van der Waals surface area contributed by atoms with E-state index in [1.54, 1.807) is 42.2 Å². The minimum Gasteiger partial charge on any atom is -0.452 e. The van der Waals surface area contributed by atoms with E-state index in [1.165, 1.54) is 28.6 Å². The normalized spacial score (nSPS) is 11.0. The highest BCUT2D eigenvalue weighted by Crippen LogP contribution is 2.24. The monoisotopic (exact) mass is 480 g/mol. The number of benzene rings is 3. The highest BCUT2D eigenvalue weighted by atomic mass is 32.2. The van der Waals surface area contributed by atoms with Crippen molar-refractivity contribution in [1.82, 2.24) is 4.90 Å². The highest BCUT2D eigenvalue weighted by molar-refractivity contribution is 7.92. The van der Waals surface area contributed by atoms with Crippen LogP contribution in [0.15, 0.2) is 89.8 Å². The minimum absolute atomic E-state index is 0.0294. The van der Waals surface area contributed by atoms with Crippen molar-refractivity contribution < 1.29 is 22.7 Å². The zero-order chi connectivity index (χ0) is 24.6. The maximum absolute atomic E-state index is 13.2. The van der Waals surface area contributed by atoms with Gasteiger partial charge in [-0.1, -0.05) is 54.6 Å². The van der Waals surface area contributed by atoms with Crippen molar-refractivity contribution in [1.29, 1.82) is 0 Å². The molecule has 0 saturated heterocycles. The van der Waals surface area contributed by atoms with Crippen molar-refractivity contribution in [3.05, 3.63) is 96.1 Å². The second-order valence-electron chi connectivity index (χ2n) is 7.50. The molecular formula is C26H28N2O5S. The molecule has 0 spiro atoms. The number of ether oxygens (including phenoxy) is 1. The third-order valence-electron chi connectivity index (χ3n) is 5.27. The predicted molar refractivity (Wildman–Crippen MR) is 131 cm³/mol. The number of nitrogens with zero attached hydrogens (tertiary/aromatic N) is 2. The summed E-state index contributed by atoms with van der Waals surface area (Å²) in [7, 11) is -3.89. The van der Waals surface area contributed by atoms with Crippen LogP contribution >= 0.6 is 0 Å². The Hall–Kier alpha value is -3.65. The molecule has 0 fully saturated rings. The van der Waals surface area contributed by atoms with E-state index in [1.807, 2.05) is 37.3 Å². The van der Waals surface area contributed by atoms with Gasteiger partial charge in [0.25, 0.3) is 15.9 Å². The number of amides is 1. The largest absolute Gasteiger partial charge is 0.452 e. The number of sulfonamides is 1. The van der Waals surface area contributed by atoms with Crippen molar-refractivity contribution in [3.63, 3.8) is 0 Å². The molecule has 0 aromatic heterocycles. The van der Waals surface area contributed by atoms with Crippen LogP contribution in [-0.4, -0.2) is 44.9 Å². The zero-order valence-corrected chi connectivity index (χ0v) is 20.1. The van der Waals surface area contributed by atoms with Gasteiger partial charge in [0.1, 0.15) is 0 Å². The topological polar surface area (TPSA) is 84.0 Å². The van der Waals surface area contributed by atoms with E-state index in [0.29, 0.717) is 18.8 Å². The Morgan fingerprint density at radius 1 is 0.824 bits per heavy atom. The van der Waals surface area contributed by atoms with Gasteiger partial charge in [0.05, 0.1) is 16.1 Å². The standard InChI is InChI=1S/C26H28N2O5S/c1-3-27(19-21-12-7-5-8-13-21)25(29)20-33-26(30)22-14-11-17-24(18-22)34(31,32)28(4-2)23-15-9-6-10-16-23/h5-18H,3-4,19-20H2,1-2H3. The molecule has 0 aliphatic carbocycles. The SMILES string of the molecule is CCN(Cc1ccccc1)C(=O)COC(=O)c1cccc(S(=O)(=O)N(CC)c2ccccc2)c1. The third-order valence-corrected chi connectivity index (χ3v) is 7.17. The number of hydrogen-bond donors (Lipinski definition) is 0. The molecule has 8 heteroatoms. The fraction of sp³-hybridized carbons (Fsp3) is 0.231. The number of carbonyl (C=O) groups is 2. The summed E-state index contributed by atoms with van der Waals surface area (Å²) in [6.07, 6.45) is 0. The number of rotatable bonds is 10. The number of para-hydroxylation sites is 1. The molecule has 0 radical (unpaired) electrons. The lowest BCUT2D eigenvalue weighted by molar-refractivity contribution is -0.134. The Balaban J connectivity index is 1.70. The molecule has 0 heterocycles. The van der Waals surface area contributed by atoms with Gasteiger partial charge in [-0.25, -0.2) is 13.2 Å². The van der Waals surface area contributed by atoms with E-state index in [-0.39, 0.29) is 22.9 Å². The molecule has 0 saturated carbocycles. The fourth-order valence-electron chi connectivity index (χ4n) is 3.48. The zero-order valence-electron chi connectivity index (χ0n) is 19.3. The smallest absolute Gasteiger partial charge is 0.338 e. The van der Waals surface area contributed by atoms with Crippen LogP contribution in [0.4, 0.5) is 5.69 Å². The van der Waals surface area contributed by atoms with Crippen LogP contribution in [0.2, 0.25) is 0 Å². The number of carbonyl (C=O) groups excluding carboxylic acids is 2. The summed E-state index contributed by atoms with van der Waals surface area (Å²) < 4.78 is 32.9. The molecule has 178 valence electrons. The van der Waals surface area contributed by atoms with E-state index in [0.717, 1.165) is 5.56 Å². The first-order chi connectivity index (χ1) is 16.4. The van der Waals surface area contributed by atoms with Gasteiger partial charge >= 0.3 is 5.97 Å². The van der Waals surface area contributed by atoms with E-state index in [4.69, 9.17) is 4.74 Å². The Morgan fingerprint density at radius 2 is 1.47 bits per heavy atom. The maximum atomic E-state index is 13.2. The molecule has 7 nitrogen and oxygen atoms in total. The van der Waals surface area contributed by atoms with Crippen molar-refractivity contribution in [3.8, 4) is 0 Å². The number of likely N-dealkylation sites (N-methyl/N-ethyl adjacent to an activating group) is 1. The van der Waals surface area contributed by atoms with Gasteiger partial charge in [-0.05, 0) is 49.7 Å². The van der Waals surface area contributed by atoms with Crippen molar-refractivity contribution in [2.75, 3.05) is 24.0 Å². The first-order valence-electron chi connectivity index (χ1n) is 11.0. The molecule has 0 N–H and O–H groups in total. The molecule has 3 aromatic carbocycles. The molecule has 0 atom stereocenters. The van der Waals surface area contributed by atoms with Crippen molar-refractivity contribution in [2.45, 2.75) is 25.3 Å². The average molecular weight is 481 g/mol. The second kappa shape index (κ2) is 11.5. The summed E-state index contributed by atoms with van der Waals surface area (Å²) in [6, 6.07) is 23.9. The van der Waals surface area contributed by atoms with Crippen molar-refractivity contribution in [2.24, 2.45) is 0 Å². The first kappa shape index (κ1) is 25.0. The van der Waals surface area contributed by atoms with Crippen LogP contribution in [0.1, 0.15) is 29.8 Å². The molecule has 1 amide bonds. The Kier molecular flexibility index (Phi) is 8.43. The molecular weight excluding hydrogens is 452 g/mol. The van der Waals surface area contributed by atoms with Crippen LogP contribution in [0.5, 0.6) is 0 Å². The highest BCUT2D eigenvalue weighted by Gasteiger charge is 2.25. The molecule has 34 heavy (non-hydrogen) atoms. The van der Waals surface area contributed by atoms with Crippen molar-refractivity contribution >= 4 is 27.6 Å². The van der Waals surface area contributed by atoms with Gasteiger partial charge in [-0.15, -0.1) is 0 Å². The number of anilines is 1. The number of hydrogen-bond acceptors (Lipinski definition) is 5.